The van der Waals surface area contributed by atoms with Crippen LogP contribution in [0.25, 0.3) is 0 Å². The first-order chi connectivity index (χ1) is 10.3. The molecule has 0 saturated heterocycles. The molecule has 1 atom stereocenters. The van der Waals surface area contributed by atoms with Crippen LogP contribution in [0.15, 0.2) is 24.3 Å². The molecule has 2 heteroatoms. The Morgan fingerprint density at radius 3 is 2.81 bits per heavy atom. The minimum absolute atomic E-state index is 0.473. The summed E-state index contributed by atoms with van der Waals surface area (Å²) in [4.78, 5) is 0. The fraction of sp³-hybridized carbons (Fsp3) is 0.579. The molecule has 0 aromatic heterocycles. The second-order valence-electron chi connectivity index (χ2n) is 6.06. The average Bonchev–Trinajstić information content (AvgIpc) is 2.53. The Morgan fingerprint density at radius 1 is 1.24 bits per heavy atom. The van der Waals surface area contributed by atoms with Crippen LogP contribution in [0.4, 0.5) is 0 Å². The van der Waals surface area contributed by atoms with Crippen molar-refractivity contribution >= 4 is 0 Å². The van der Waals surface area contributed by atoms with Crippen LogP contribution in [0.2, 0.25) is 0 Å². The molecule has 0 amide bonds. The summed E-state index contributed by atoms with van der Waals surface area (Å²) < 4.78 is 0. The van der Waals surface area contributed by atoms with Gasteiger partial charge in [0.1, 0.15) is 0 Å². The van der Waals surface area contributed by atoms with Crippen molar-refractivity contribution in [1.82, 2.24) is 0 Å². The van der Waals surface area contributed by atoms with Gasteiger partial charge in [0.15, 0.2) is 0 Å². The zero-order chi connectivity index (χ0) is 14.9. The van der Waals surface area contributed by atoms with E-state index in [2.05, 4.69) is 11.8 Å². The lowest BCUT2D eigenvalue weighted by atomic mass is 9.86. The summed E-state index contributed by atoms with van der Waals surface area (Å²) in [5, 5.41) is 9.96. The van der Waals surface area contributed by atoms with Gasteiger partial charge in [-0.2, -0.15) is 0 Å². The zero-order valence-electron chi connectivity index (χ0n) is 12.9. The minimum atomic E-state index is -0.473. The molecular formula is C19H27NO. The van der Waals surface area contributed by atoms with Crippen LogP contribution in [0.1, 0.15) is 68.6 Å². The topological polar surface area (TPSA) is 46.2 Å². The molecule has 0 heterocycles. The molecular weight excluding hydrogens is 258 g/mol. The number of aliphatic hydroxyl groups is 1. The maximum Gasteiger partial charge on any atom is 0.0802 e. The second kappa shape index (κ2) is 8.87. The van der Waals surface area contributed by atoms with Crippen molar-refractivity contribution < 1.29 is 5.11 Å². The molecule has 0 radical (unpaired) electrons. The molecule has 21 heavy (non-hydrogen) atoms. The van der Waals surface area contributed by atoms with E-state index in [0.717, 1.165) is 23.5 Å². The summed E-state index contributed by atoms with van der Waals surface area (Å²) >= 11 is 0. The molecule has 0 aliphatic heterocycles. The molecule has 1 aliphatic rings. The Morgan fingerprint density at radius 2 is 2.05 bits per heavy atom. The smallest absolute Gasteiger partial charge is 0.0802 e. The average molecular weight is 285 g/mol. The van der Waals surface area contributed by atoms with Crippen LogP contribution in [0, 0.1) is 17.8 Å². The van der Waals surface area contributed by atoms with Crippen LogP contribution in [-0.4, -0.2) is 11.7 Å². The van der Waals surface area contributed by atoms with Crippen molar-refractivity contribution in [3.63, 3.8) is 0 Å². The van der Waals surface area contributed by atoms with Crippen LogP contribution in [0.5, 0.6) is 0 Å². The molecule has 1 aliphatic carbocycles. The molecule has 1 unspecified atom stereocenters. The monoisotopic (exact) mass is 285 g/mol. The van der Waals surface area contributed by atoms with Gasteiger partial charge in [0.2, 0.25) is 0 Å². The highest BCUT2D eigenvalue weighted by Gasteiger charge is 2.11. The van der Waals surface area contributed by atoms with Crippen LogP contribution < -0.4 is 5.73 Å². The third-order valence-electron chi connectivity index (χ3n) is 4.35. The van der Waals surface area contributed by atoms with E-state index in [9.17, 15) is 5.11 Å². The summed E-state index contributed by atoms with van der Waals surface area (Å²) in [6.45, 7) is 0.498. The number of aliphatic hydroxyl groups excluding tert-OH is 1. The van der Waals surface area contributed by atoms with Gasteiger partial charge in [0.25, 0.3) is 0 Å². The van der Waals surface area contributed by atoms with Gasteiger partial charge < -0.3 is 10.8 Å². The van der Waals surface area contributed by atoms with Crippen LogP contribution in [0.3, 0.4) is 0 Å². The van der Waals surface area contributed by atoms with Gasteiger partial charge in [-0.05, 0) is 43.0 Å². The largest absolute Gasteiger partial charge is 0.388 e. The molecule has 114 valence electrons. The third-order valence-corrected chi connectivity index (χ3v) is 4.35. The van der Waals surface area contributed by atoms with Crippen molar-refractivity contribution in [2.24, 2.45) is 11.7 Å². The summed E-state index contributed by atoms with van der Waals surface area (Å²) in [6, 6.07) is 7.88. The second-order valence-corrected chi connectivity index (χ2v) is 6.06. The summed E-state index contributed by atoms with van der Waals surface area (Å²) in [7, 11) is 0. The summed E-state index contributed by atoms with van der Waals surface area (Å²) in [5.74, 6) is 7.41. The highest BCUT2D eigenvalue weighted by Crippen LogP contribution is 2.27. The molecule has 2 nitrogen and oxygen atoms in total. The normalized spacial score (nSPS) is 17.0. The lowest BCUT2D eigenvalue weighted by Crippen LogP contribution is -2.06. The van der Waals surface area contributed by atoms with Gasteiger partial charge in [-0.15, -0.1) is 0 Å². The predicted octanol–water partition coefficient (Wildman–Crippen LogP) is 3.78. The first kappa shape index (κ1) is 16.1. The van der Waals surface area contributed by atoms with Gasteiger partial charge >= 0.3 is 0 Å². The Balaban J connectivity index is 1.85. The molecule has 3 N–H and O–H groups in total. The highest BCUT2D eigenvalue weighted by molar-refractivity contribution is 5.37. The van der Waals surface area contributed by atoms with E-state index in [1.165, 1.54) is 38.5 Å². The molecule has 1 aromatic rings. The third kappa shape index (κ3) is 5.53. The van der Waals surface area contributed by atoms with Crippen LogP contribution in [-0.2, 0) is 0 Å². The number of hydrogen-bond acceptors (Lipinski definition) is 2. The van der Waals surface area contributed by atoms with E-state index in [1.54, 1.807) is 0 Å². The lowest BCUT2D eigenvalue weighted by Gasteiger charge is -2.20. The number of hydrogen-bond donors (Lipinski definition) is 2. The Bertz CT molecular complexity index is 480. The number of benzene rings is 1. The molecule has 1 aromatic carbocycles. The Hall–Kier alpha value is -1.30. The fourth-order valence-corrected chi connectivity index (χ4v) is 3.06. The quantitative estimate of drug-likeness (QED) is 0.809. The van der Waals surface area contributed by atoms with Crippen molar-refractivity contribution in [1.29, 1.82) is 0 Å². The number of nitrogens with two attached hydrogens (primary N) is 1. The maximum absolute atomic E-state index is 9.96. The molecule has 0 bridgehead atoms. The first-order valence-electron chi connectivity index (χ1n) is 8.26. The first-order valence-corrected chi connectivity index (χ1v) is 8.26. The molecule has 1 saturated carbocycles. The van der Waals surface area contributed by atoms with Gasteiger partial charge in [-0.25, -0.2) is 0 Å². The van der Waals surface area contributed by atoms with E-state index >= 15 is 0 Å². The van der Waals surface area contributed by atoms with Gasteiger partial charge in [0, 0.05) is 12.0 Å². The molecule has 2 rings (SSSR count). The van der Waals surface area contributed by atoms with E-state index in [4.69, 9.17) is 5.73 Å². The van der Waals surface area contributed by atoms with E-state index in [0.29, 0.717) is 13.0 Å². The van der Waals surface area contributed by atoms with Crippen molar-refractivity contribution in [3.05, 3.63) is 35.4 Å². The van der Waals surface area contributed by atoms with E-state index in [1.807, 2.05) is 24.3 Å². The lowest BCUT2D eigenvalue weighted by molar-refractivity contribution is 0.170. The predicted molar refractivity (Wildman–Crippen MR) is 87.8 cm³/mol. The molecule has 1 fully saturated rings. The Kier molecular flexibility index (Phi) is 6.79. The standard InChI is InChI=1S/C19H27NO/c20-14-13-19(21)18-12-6-11-17(15-18)10-5-4-9-16-7-2-1-3-8-16/h6,11-12,15-16,19,21H,1-4,7-9,13-14,20H2. The number of rotatable bonds is 5. The van der Waals surface area contributed by atoms with Crippen molar-refractivity contribution in [2.75, 3.05) is 6.54 Å². The van der Waals surface area contributed by atoms with Crippen molar-refractivity contribution in [2.45, 2.75) is 57.5 Å². The van der Waals surface area contributed by atoms with E-state index < -0.39 is 6.10 Å². The fourth-order valence-electron chi connectivity index (χ4n) is 3.06. The van der Waals surface area contributed by atoms with Crippen LogP contribution >= 0.6 is 0 Å². The maximum atomic E-state index is 9.96. The minimum Gasteiger partial charge on any atom is -0.388 e. The highest BCUT2D eigenvalue weighted by atomic mass is 16.3. The van der Waals surface area contributed by atoms with Gasteiger partial charge in [-0.1, -0.05) is 56.1 Å². The van der Waals surface area contributed by atoms with E-state index in [-0.39, 0.29) is 0 Å². The molecule has 0 spiro atoms. The SMILES string of the molecule is NCCC(O)c1cccc(C#CCCC2CCCCC2)c1. The summed E-state index contributed by atoms with van der Waals surface area (Å²) in [5.41, 5.74) is 7.39. The van der Waals surface area contributed by atoms with Gasteiger partial charge in [0.05, 0.1) is 6.10 Å². The van der Waals surface area contributed by atoms with Gasteiger partial charge in [-0.3, -0.25) is 0 Å². The van der Waals surface area contributed by atoms with Crippen molar-refractivity contribution in [3.8, 4) is 11.8 Å². The zero-order valence-corrected chi connectivity index (χ0v) is 12.9. The Labute approximate surface area is 128 Å². The summed E-state index contributed by atoms with van der Waals surface area (Å²) in [6.07, 6.45) is 9.35.